The Hall–Kier alpha value is -1.72. The van der Waals surface area contributed by atoms with E-state index in [9.17, 15) is 9.59 Å². The zero-order valence-corrected chi connectivity index (χ0v) is 8.35. The first-order chi connectivity index (χ1) is 7.06. The van der Waals surface area contributed by atoms with Crippen molar-refractivity contribution in [1.82, 2.24) is 0 Å². The molecule has 2 aliphatic heterocycles. The summed E-state index contributed by atoms with van der Waals surface area (Å²) in [6.45, 7) is 1.69. The van der Waals surface area contributed by atoms with E-state index in [0.29, 0.717) is 0 Å². The van der Waals surface area contributed by atoms with E-state index in [0.717, 1.165) is 0 Å². The molecule has 15 heavy (non-hydrogen) atoms. The largest absolute Gasteiger partial charge is 0.465 e. The lowest BCUT2D eigenvalue weighted by molar-refractivity contribution is -0.147. The molecule has 3 atom stereocenters. The smallest absolute Gasteiger partial charge is 0.348 e. The van der Waals surface area contributed by atoms with Crippen molar-refractivity contribution < 1.29 is 23.8 Å². The number of methoxy groups -OCH3 is 1. The Morgan fingerprint density at radius 1 is 1.47 bits per heavy atom. The first kappa shape index (κ1) is 9.82. The van der Waals surface area contributed by atoms with Crippen LogP contribution in [0.2, 0.25) is 0 Å². The van der Waals surface area contributed by atoms with Gasteiger partial charge in [-0.25, -0.2) is 9.59 Å². The predicted molar refractivity (Wildman–Crippen MR) is 47.1 cm³/mol. The number of fused-ring (bicyclic) bond motifs is 1. The molecule has 0 spiro atoms. The van der Waals surface area contributed by atoms with Crippen LogP contribution in [0.15, 0.2) is 11.5 Å². The summed E-state index contributed by atoms with van der Waals surface area (Å²) in [7, 11) is 1.25. The molecule has 0 radical (unpaired) electrons. The summed E-state index contributed by atoms with van der Waals surface area (Å²) in [5.41, 5.74) is 5.71. The second kappa shape index (κ2) is 3.15. The van der Waals surface area contributed by atoms with Gasteiger partial charge in [0.15, 0.2) is 5.88 Å². The highest BCUT2D eigenvalue weighted by molar-refractivity contribution is 5.93. The van der Waals surface area contributed by atoms with Gasteiger partial charge in [0, 0.05) is 0 Å². The van der Waals surface area contributed by atoms with Crippen LogP contribution in [0.4, 0.5) is 0 Å². The molecule has 0 aromatic heterocycles. The van der Waals surface area contributed by atoms with Gasteiger partial charge in [0.25, 0.3) is 0 Å². The molecule has 0 aromatic carbocycles. The van der Waals surface area contributed by atoms with E-state index in [-0.39, 0.29) is 11.5 Å². The topological polar surface area (TPSA) is 87.9 Å². The summed E-state index contributed by atoms with van der Waals surface area (Å²) in [6.07, 6.45) is -1.22. The third kappa shape index (κ3) is 1.25. The average molecular weight is 213 g/mol. The maximum absolute atomic E-state index is 11.4. The van der Waals surface area contributed by atoms with E-state index < -0.39 is 30.1 Å². The first-order valence-electron chi connectivity index (χ1n) is 4.51. The highest BCUT2D eigenvalue weighted by Gasteiger charge is 2.53. The predicted octanol–water partition coefficient (Wildman–Crippen LogP) is -0.710. The van der Waals surface area contributed by atoms with Crippen molar-refractivity contribution in [3.63, 3.8) is 0 Å². The quantitative estimate of drug-likeness (QED) is 0.579. The Labute approximate surface area is 86.0 Å². The van der Waals surface area contributed by atoms with Crippen LogP contribution in [0.1, 0.15) is 6.92 Å². The number of carbonyl (C=O) groups is 2. The maximum atomic E-state index is 11.4. The second-order valence-corrected chi connectivity index (χ2v) is 3.48. The Morgan fingerprint density at radius 3 is 2.73 bits per heavy atom. The second-order valence-electron chi connectivity index (χ2n) is 3.48. The number of hydrogen-bond donors (Lipinski definition) is 1. The molecule has 2 heterocycles. The maximum Gasteiger partial charge on any atom is 0.348 e. The standard InChI is InChI=1S/C9H11NO5/c1-3-4-5(8(11)13-2)7(10)15-6(4)9(12)14-3/h3-4,6H,10H2,1-2H3/t3-,4+,6-/m1/s1. The molecular formula is C9H11NO5. The first-order valence-corrected chi connectivity index (χ1v) is 4.51. The van der Waals surface area contributed by atoms with Crippen molar-refractivity contribution >= 4 is 11.9 Å². The number of nitrogens with two attached hydrogens (primary N) is 1. The van der Waals surface area contributed by atoms with Crippen LogP contribution >= 0.6 is 0 Å². The zero-order chi connectivity index (χ0) is 11.2. The van der Waals surface area contributed by atoms with Gasteiger partial charge < -0.3 is 19.9 Å². The molecule has 0 amide bonds. The lowest BCUT2D eigenvalue weighted by Gasteiger charge is -2.10. The van der Waals surface area contributed by atoms with E-state index >= 15 is 0 Å². The summed E-state index contributed by atoms with van der Waals surface area (Å²) >= 11 is 0. The van der Waals surface area contributed by atoms with Gasteiger partial charge >= 0.3 is 11.9 Å². The Morgan fingerprint density at radius 2 is 2.13 bits per heavy atom. The molecule has 0 unspecified atom stereocenters. The van der Waals surface area contributed by atoms with Gasteiger partial charge in [-0.2, -0.15) is 0 Å². The highest BCUT2D eigenvalue weighted by atomic mass is 16.6. The van der Waals surface area contributed by atoms with Crippen LogP contribution in [-0.2, 0) is 23.8 Å². The summed E-state index contributed by atoms with van der Waals surface area (Å²) in [5, 5.41) is 0. The molecule has 1 saturated heterocycles. The van der Waals surface area contributed by atoms with Crippen LogP contribution in [0, 0.1) is 5.92 Å². The number of rotatable bonds is 1. The van der Waals surface area contributed by atoms with Gasteiger partial charge in [-0.1, -0.05) is 0 Å². The number of ether oxygens (including phenoxy) is 3. The number of cyclic esters (lactones) is 1. The van der Waals surface area contributed by atoms with Gasteiger partial charge in [0.05, 0.1) is 13.0 Å². The fraction of sp³-hybridized carbons (Fsp3) is 0.556. The minimum atomic E-state index is -0.797. The molecule has 2 N–H and O–H groups in total. The molecule has 2 rings (SSSR count). The van der Waals surface area contributed by atoms with Crippen molar-refractivity contribution in [3.8, 4) is 0 Å². The van der Waals surface area contributed by atoms with Gasteiger partial charge in [-0.3, -0.25) is 0 Å². The summed E-state index contributed by atoms with van der Waals surface area (Å²) < 4.78 is 14.6. The molecule has 0 saturated carbocycles. The average Bonchev–Trinajstić information content (AvgIpc) is 2.65. The molecule has 0 aromatic rings. The van der Waals surface area contributed by atoms with Crippen LogP contribution in [0.25, 0.3) is 0 Å². The summed E-state index contributed by atoms with van der Waals surface area (Å²) in [6, 6.07) is 0. The number of esters is 2. The van der Waals surface area contributed by atoms with E-state index in [1.54, 1.807) is 6.92 Å². The molecule has 0 aliphatic carbocycles. The highest BCUT2D eigenvalue weighted by Crippen LogP contribution is 2.38. The molecule has 2 aliphatic rings. The third-order valence-electron chi connectivity index (χ3n) is 2.62. The SMILES string of the molecule is COC(=O)C1=C(N)O[C@H]2C(=O)O[C@H](C)[C@@H]12. The molecule has 82 valence electrons. The molecule has 6 nitrogen and oxygen atoms in total. The lowest BCUT2D eigenvalue weighted by Crippen LogP contribution is -2.25. The number of carbonyl (C=O) groups excluding carboxylic acids is 2. The Kier molecular flexibility index (Phi) is 2.06. The van der Waals surface area contributed by atoms with E-state index in [4.69, 9.17) is 15.2 Å². The monoisotopic (exact) mass is 213 g/mol. The van der Waals surface area contributed by atoms with Crippen molar-refractivity contribution in [1.29, 1.82) is 0 Å². The molecular weight excluding hydrogens is 202 g/mol. The van der Waals surface area contributed by atoms with Gasteiger partial charge in [0.2, 0.25) is 6.10 Å². The van der Waals surface area contributed by atoms with Crippen LogP contribution in [-0.4, -0.2) is 31.3 Å². The van der Waals surface area contributed by atoms with E-state index in [2.05, 4.69) is 4.74 Å². The van der Waals surface area contributed by atoms with Crippen LogP contribution in [0.3, 0.4) is 0 Å². The van der Waals surface area contributed by atoms with Gasteiger partial charge in [-0.15, -0.1) is 0 Å². The third-order valence-corrected chi connectivity index (χ3v) is 2.62. The van der Waals surface area contributed by atoms with Gasteiger partial charge in [-0.05, 0) is 6.92 Å². The normalized spacial score (nSPS) is 33.5. The van der Waals surface area contributed by atoms with Crippen molar-refractivity contribution in [2.45, 2.75) is 19.1 Å². The molecule has 0 bridgehead atoms. The molecule has 6 heteroatoms. The molecule has 1 fully saturated rings. The summed E-state index contributed by atoms with van der Waals surface area (Å²) in [5.74, 6) is -1.56. The fourth-order valence-corrected chi connectivity index (χ4v) is 1.94. The minimum Gasteiger partial charge on any atom is -0.465 e. The van der Waals surface area contributed by atoms with Crippen LogP contribution < -0.4 is 5.73 Å². The van der Waals surface area contributed by atoms with Gasteiger partial charge in [0.1, 0.15) is 11.7 Å². The summed E-state index contributed by atoms with van der Waals surface area (Å²) in [4.78, 5) is 22.7. The van der Waals surface area contributed by atoms with Crippen molar-refractivity contribution in [3.05, 3.63) is 11.5 Å². The van der Waals surface area contributed by atoms with E-state index in [1.165, 1.54) is 7.11 Å². The fourth-order valence-electron chi connectivity index (χ4n) is 1.94. The zero-order valence-electron chi connectivity index (χ0n) is 8.35. The number of hydrogen-bond acceptors (Lipinski definition) is 6. The van der Waals surface area contributed by atoms with Crippen LogP contribution in [0.5, 0.6) is 0 Å². The van der Waals surface area contributed by atoms with Crippen molar-refractivity contribution in [2.75, 3.05) is 7.11 Å². The Balaban J connectivity index is 2.35. The van der Waals surface area contributed by atoms with E-state index in [1.807, 2.05) is 0 Å². The minimum absolute atomic E-state index is 0.0413. The lowest BCUT2D eigenvalue weighted by atomic mass is 9.93. The van der Waals surface area contributed by atoms with Crippen molar-refractivity contribution in [2.24, 2.45) is 11.7 Å². The Bertz CT molecular complexity index is 362.